The van der Waals surface area contributed by atoms with Crippen molar-refractivity contribution in [3.63, 3.8) is 0 Å². The zero-order chi connectivity index (χ0) is 18.5. The van der Waals surface area contributed by atoms with Crippen LogP contribution in [0.2, 0.25) is 0 Å². The highest BCUT2D eigenvalue weighted by Gasteiger charge is 2.39. The van der Waals surface area contributed by atoms with E-state index in [1.807, 2.05) is 12.1 Å². The highest BCUT2D eigenvalue weighted by atomic mass is 79.9. The molecule has 3 aromatic rings. The van der Waals surface area contributed by atoms with Gasteiger partial charge in [0.25, 0.3) is 0 Å². The van der Waals surface area contributed by atoms with Crippen LogP contribution in [-0.2, 0) is 6.54 Å². The largest absolute Gasteiger partial charge is 0.368 e. The molecule has 0 spiro atoms. The Labute approximate surface area is 167 Å². The van der Waals surface area contributed by atoms with Crippen LogP contribution in [0.3, 0.4) is 0 Å². The molecule has 4 nitrogen and oxygen atoms in total. The van der Waals surface area contributed by atoms with Crippen LogP contribution < -0.4 is 4.90 Å². The maximum Gasteiger partial charge on any atom is 0.101 e. The van der Waals surface area contributed by atoms with E-state index < -0.39 is 0 Å². The molecule has 0 unspecified atom stereocenters. The van der Waals surface area contributed by atoms with Gasteiger partial charge in [-0.25, -0.2) is 0 Å². The summed E-state index contributed by atoms with van der Waals surface area (Å²) in [6, 6.07) is 17.8. The highest BCUT2D eigenvalue weighted by Crippen LogP contribution is 2.41. The van der Waals surface area contributed by atoms with Crippen LogP contribution in [0.4, 0.5) is 5.69 Å². The molecule has 0 amide bonds. The van der Waals surface area contributed by atoms with Crippen molar-refractivity contribution in [2.45, 2.75) is 25.6 Å². The number of benzene rings is 2. The van der Waals surface area contributed by atoms with Crippen molar-refractivity contribution < 1.29 is 0 Å². The number of piperazine rings is 1. The molecular weight excluding hydrogens is 400 g/mol. The molecule has 134 valence electrons. The number of fused-ring (bicyclic) bond motifs is 4. The molecule has 1 aromatic heterocycles. The van der Waals surface area contributed by atoms with Gasteiger partial charge in [-0.1, -0.05) is 22.0 Å². The predicted octanol–water partition coefficient (Wildman–Crippen LogP) is 4.63. The third kappa shape index (κ3) is 2.63. The first kappa shape index (κ1) is 16.7. The second-order valence-corrected chi connectivity index (χ2v) is 8.34. The third-order valence-corrected chi connectivity index (χ3v) is 6.36. The average Bonchev–Trinajstić information content (AvgIpc) is 3.05. The van der Waals surface area contributed by atoms with Crippen LogP contribution in [0.25, 0.3) is 10.9 Å². The maximum atomic E-state index is 9.42. The van der Waals surface area contributed by atoms with Crippen LogP contribution in [0.1, 0.15) is 29.7 Å². The van der Waals surface area contributed by atoms with Crippen molar-refractivity contribution in [2.24, 2.45) is 0 Å². The molecule has 0 saturated carbocycles. The van der Waals surface area contributed by atoms with Gasteiger partial charge in [0.05, 0.1) is 17.1 Å². The number of hydrogen-bond donors (Lipinski definition) is 0. The molecule has 2 atom stereocenters. The minimum atomic E-state index is 0.402. The summed E-state index contributed by atoms with van der Waals surface area (Å²) in [4.78, 5) is 9.55. The number of rotatable bonds is 1. The standard InChI is InChI=1S/C22H19BrN4/c1-14-11-26(13-21-18-6-5-17(23)9-16(18)12-27(14)21)20-7-4-15(10-24)22-19(20)3-2-8-25-22/h2-9,14,21H,11-13H2,1H3/t14-,21-/m1/s1. The average molecular weight is 419 g/mol. The molecule has 1 fully saturated rings. The van der Waals surface area contributed by atoms with E-state index in [1.54, 1.807) is 6.20 Å². The maximum absolute atomic E-state index is 9.42. The van der Waals surface area contributed by atoms with Crippen molar-refractivity contribution in [2.75, 3.05) is 18.0 Å². The molecule has 3 heterocycles. The minimum Gasteiger partial charge on any atom is -0.368 e. The fourth-order valence-corrected chi connectivity index (χ4v) is 5.02. The summed E-state index contributed by atoms with van der Waals surface area (Å²) >= 11 is 3.61. The molecule has 1 saturated heterocycles. The van der Waals surface area contributed by atoms with Gasteiger partial charge in [-0.05, 0) is 54.4 Å². The molecule has 0 N–H and O–H groups in total. The van der Waals surface area contributed by atoms with Crippen LogP contribution >= 0.6 is 15.9 Å². The van der Waals surface area contributed by atoms with Gasteiger partial charge in [-0.15, -0.1) is 0 Å². The number of nitriles is 1. The Hall–Kier alpha value is -2.42. The van der Waals surface area contributed by atoms with E-state index in [4.69, 9.17) is 0 Å². The normalized spacial score (nSPS) is 21.7. The van der Waals surface area contributed by atoms with Gasteiger partial charge in [-0.3, -0.25) is 9.88 Å². The first-order valence-electron chi connectivity index (χ1n) is 9.22. The van der Waals surface area contributed by atoms with Crippen molar-refractivity contribution in [1.82, 2.24) is 9.88 Å². The summed E-state index contributed by atoms with van der Waals surface area (Å²) in [7, 11) is 0. The molecule has 2 aliphatic rings. The molecule has 5 rings (SSSR count). The van der Waals surface area contributed by atoms with Gasteiger partial charge in [-0.2, -0.15) is 5.26 Å². The SMILES string of the molecule is C[C@@H]1CN(c2ccc(C#N)c3ncccc23)C[C@@H]2c3ccc(Br)cc3CN12. The topological polar surface area (TPSA) is 43.2 Å². The summed E-state index contributed by atoms with van der Waals surface area (Å²) in [5, 5.41) is 10.5. The van der Waals surface area contributed by atoms with E-state index in [9.17, 15) is 5.26 Å². The second-order valence-electron chi connectivity index (χ2n) is 7.43. The first-order chi connectivity index (χ1) is 13.2. The van der Waals surface area contributed by atoms with E-state index >= 15 is 0 Å². The smallest absolute Gasteiger partial charge is 0.101 e. The number of halogens is 1. The van der Waals surface area contributed by atoms with Gasteiger partial charge < -0.3 is 4.90 Å². The van der Waals surface area contributed by atoms with E-state index in [1.165, 1.54) is 16.8 Å². The lowest BCUT2D eigenvalue weighted by Crippen LogP contribution is -2.51. The fraction of sp³-hybridized carbons (Fsp3) is 0.273. The van der Waals surface area contributed by atoms with Gasteiger partial charge >= 0.3 is 0 Å². The van der Waals surface area contributed by atoms with Crippen LogP contribution in [0.15, 0.2) is 53.1 Å². The summed E-state index contributed by atoms with van der Waals surface area (Å²) in [5.74, 6) is 0. The van der Waals surface area contributed by atoms with Crippen LogP contribution in [-0.4, -0.2) is 29.0 Å². The van der Waals surface area contributed by atoms with Crippen molar-refractivity contribution in [1.29, 1.82) is 5.26 Å². The van der Waals surface area contributed by atoms with Gasteiger partial charge in [0, 0.05) is 47.4 Å². The monoisotopic (exact) mass is 418 g/mol. The fourth-order valence-electron chi connectivity index (χ4n) is 4.62. The highest BCUT2D eigenvalue weighted by molar-refractivity contribution is 9.10. The Balaban J connectivity index is 1.57. The van der Waals surface area contributed by atoms with Crippen molar-refractivity contribution in [3.8, 4) is 6.07 Å². The van der Waals surface area contributed by atoms with Crippen molar-refractivity contribution in [3.05, 3.63) is 69.8 Å². The Bertz CT molecular complexity index is 1090. The van der Waals surface area contributed by atoms with E-state index in [0.717, 1.165) is 35.0 Å². The minimum absolute atomic E-state index is 0.402. The lowest BCUT2D eigenvalue weighted by atomic mass is 10.00. The Morgan fingerprint density at radius 3 is 2.93 bits per heavy atom. The number of hydrogen-bond acceptors (Lipinski definition) is 4. The number of nitrogens with zero attached hydrogens (tertiary/aromatic N) is 4. The Morgan fingerprint density at radius 2 is 2.07 bits per heavy atom. The van der Waals surface area contributed by atoms with Gasteiger partial charge in [0.2, 0.25) is 0 Å². The van der Waals surface area contributed by atoms with Crippen molar-refractivity contribution >= 4 is 32.5 Å². The van der Waals surface area contributed by atoms with E-state index in [-0.39, 0.29) is 0 Å². The molecule has 0 radical (unpaired) electrons. The van der Waals surface area contributed by atoms with Crippen LogP contribution in [0.5, 0.6) is 0 Å². The molecule has 5 heteroatoms. The van der Waals surface area contributed by atoms with E-state index in [0.29, 0.717) is 17.6 Å². The Kier molecular flexibility index (Phi) is 3.92. The summed E-state index contributed by atoms with van der Waals surface area (Å²) in [6.07, 6.45) is 1.76. The molecular formula is C22H19BrN4. The zero-order valence-corrected chi connectivity index (χ0v) is 16.6. The first-order valence-corrected chi connectivity index (χ1v) is 10.0. The summed E-state index contributed by atoms with van der Waals surface area (Å²) in [5.41, 5.74) is 5.47. The summed E-state index contributed by atoms with van der Waals surface area (Å²) < 4.78 is 1.15. The second kappa shape index (κ2) is 6.33. The predicted molar refractivity (Wildman–Crippen MR) is 111 cm³/mol. The zero-order valence-electron chi connectivity index (χ0n) is 15.1. The van der Waals surface area contributed by atoms with Gasteiger partial charge in [0.15, 0.2) is 0 Å². The number of aromatic nitrogens is 1. The summed E-state index contributed by atoms with van der Waals surface area (Å²) in [6.45, 7) is 5.25. The molecule has 2 aliphatic heterocycles. The molecule has 0 bridgehead atoms. The third-order valence-electron chi connectivity index (χ3n) is 5.87. The van der Waals surface area contributed by atoms with Crippen LogP contribution in [0, 0.1) is 11.3 Å². The molecule has 0 aliphatic carbocycles. The lowest BCUT2D eigenvalue weighted by Gasteiger charge is -2.43. The van der Waals surface area contributed by atoms with Gasteiger partial charge in [0.1, 0.15) is 6.07 Å². The number of anilines is 1. The van der Waals surface area contributed by atoms with E-state index in [2.05, 4.69) is 74.0 Å². The molecule has 2 aromatic carbocycles. The lowest BCUT2D eigenvalue weighted by molar-refractivity contribution is 0.134. The quantitative estimate of drug-likeness (QED) is 0.577. The Morgan fingerprint density at radius 1 is 1.19 bits per heavy atom. The molecule has 27 heavy (non-hydrogen) atoms. The number of pyridine rings is 1.